The molecule has 0 saturated heterocycles. The Hall–Kier alpha value is -1.19. The van der Waals surface area contributed by atoms with E-state index in [1.807, 2.05) is 6.92 Å². The highest BCUT2D eigenvalue weighted by atomic mass is 16.5. The van der Waals surface area contributed by atoms with Gasteiger partial charge in [0.15, 0.2) is 5.88 Å². The SMILES string of the molecule is CCCOC(N)=CC(=O)OCC. The highest BCUT2D eigenvalue weighted by Crippen LogP contribution is 1.91. The zero-order valence-corrected chi connectivity index (χ0v) is 7.50. The topological polar surface area (TPSA) is 61.5 Å². The van der Waals surface area contributed by atoms with E-state index >= 15 is 0 Å². The Morgan fingerprint density at radius 2 is 2.08 bits per heavy atom. The lowest BCUT2D eigenvalue weighted by atomic mass is 10.5. The molecule has 0 spiro atoms. The highest BCUT2D eigenvalue weighted by molar-refractivity contribution is 5.82. The lowest BCUT2D eigenvalue weighted by Gasteiger charge is -2.02. The molecule has 0 aliphatic heterocycles. The maximum Gasteiger partial charge on any atom is 0.336 e. The number of hydrogen-bond donors (Lipinski definition) is 1. The number of carbonyl (C=O) groups is 1. The highest BCUT2D eigenvalue weighted by Gasteiger charge is 1.98. The first-order chi connectivity index (χ1) is 5.70. The summed E-state index contributed by atoms with van der Waals surface area (Å²) < 4.78 is 9.56. The summed E-state index contributed by atoms with van der Waals surface area (Å²) in [5.41, 5.74) is 5.33. The Morgan fingerprint density at radius 1 is 1.42 bits per heavy atom. The second-order valence-corrected chi connectivity index (χ2v) is 2.15. The van der Waals surface area contributed by atoms with Gasteiger partial charge in [-0.15, -0.1) is 0 Å². The Morgan fingerprint density at radius 3 is 2.58 bits per heavy atom. The average Bonchev–Trinajstić information content (AvgIpc) is 2.01. The molecule has 0 radical (unpaired) electrons. The molecule has 0 atom stereocenters. The molecule has 0 saturated carbocycles. The van der Waals surface area contributed by atoms with Gasteiger partial charge in [0, 0.05) is 0 Å². The summed E-state index contributed by atoms with van der Waals surface area (Å²) in [6.07, 6.45) is 2.00. The number of nitrogens with two attached hydrogens (primary N) is 1. The molecule has 0 amide bonds. The van der Waals surface area contributed by atoms with Crippen LogP contribution in [0.15, 0.2) is 12.0 Å². The Labute approximate surface area is 72.3 Å². The summed E-state index contributed by atoms with van der Waals surface area (Å²) in [6, 6.07) is 0. The molecule has 0 fully saturated rings. The molecular formula is C8H15NO3. The number of rotatable bonds is 5. The molecule has 12 heavy (non-hydrogen) atoms. The molecular weight excluding hydrogens is 158 g/mol. The monoisotopic (exact) mass is 173 g/mol. The van der Waals surface area contributed by atoms with E-state index < -0.39 is 5.97 Å². The number of ether oxygens (including phenoxy) is 2. The van der Waals surface area contributed by atoms with Crippen molar-refractivity contribution >= 4 is 5.97 Å². The van der Waals surface area contributed by atoms with Crippen molar-refractivity contribution in [3.05, 3.63) is 12.0 Å². The summed E-state index contributed by atoms with van der Waals surface area (Å²) in [5.74, 6) is -0.360. The standard InChI is InChI=1S/C8H15NO3/c1-3-5-12-7(9)6-8(10)11-4-2/h6H,3-5,9H2,1-2H3. The molecule has 4 nitrogen and oxygen atoms in total. The van der Waals surface area contributed by atoms with Gasteiger partial charge in [-0.05, 0) is 13.3 Å². The van der Waals surface area contributed by atoms with Gasteiger partial charge < -0.3 is 15.2 Å². The van der Waals surface area contributed by atoms with Crippen LogP contribution in [0.4, 0.5) is 0 Å². The molecule has 0 unspecified atom stereocenters. The quantitative estimate of drug-likeness (QED) is 0.379. The van der Waals surface area contributed by atoms with Crippen molar-refractivity contribution in [1.82, 2.24) is 0 Å². The second-order valence-electron chi connectivity index (χ2n) is 2.15. The van der Waals surface area contributed by atoms with E-state index in [9.17, 15) is 4.79 Å². The zero-order valence-electron chi connectivity index (χ0n) is 7.50. The average molecular weight is 173 g/mol. The molecule has 0 aliphatic rings. The lowest BCUT2D eigenvalue weighted by molar-refractivity contribution is -0.137. The first-order valence-corrected chi connectivity index (χ1v) is 3.97. The van der Waals surface area contributed by atoms with Crippen molar-refractivity contribution in [1.29, 1.82) is 0 Å². The Balaban J connectivity index is 3.72. The molecule has 0 bridgehead atoms. The summed E-state index contributed by atoms with van der Waals surface area (Å²) in [4.78, 5) is 10.8. The molecule has 70 valence electrons. The Bertz CT molecular complexity index is 166. The van der Waals surface area contributed by atoms with Crippen LogP contribution in [0.2, 0.25) is 0 Å². The third kappa shape index (κ3) is 5.58. The molecule has 0 aliphatic carbocycles. The van der Waals surface area contributed by atoms with Crippen molar-refractivity contribution in [2.24, 2.45) is 5.73 Å². The minimum atomic E-state index is -0.467. The van der Waals surface area contributed by atoms with Crippen LogP contribution in [-0.2, 0) is 14.3 Å². The van der Waals surface area contributed by atoms with Gasteiger partial charge in [-0.1, -0.05) is 6.92 Å². The van der Waals surface area contributed by atoms with Crippen LogP contribution < -0.4 is 5.73 Å². The van der Waals surface area contributed by atoms with E-state index in [0.717, 1.165) is 12.5 Å². The van der Waals surface area contributed by atoms with Gasteiger partial charge in [0.05, 0.1) is 19.3 Å². The first-order valence-electron chi connectivity index (χ1n) is 3.97. The van der Waals surface area contributed by atoms with Crippen molar-refractivity contribution in [2.45, 2.75) is 20.3 Å². The van der Waals surface area contributed by atoms with Gasteiger partial charge in [0.25, 0.3) is 0 Å². The minimum absolute atomic E-state index is 0.107. The van der Waals surface area contributed by atoms with E-state index in [0.29, 0.717) is 13.2 Å². The van der Waals surface area contributed by atoms with Gasteiger partial charge >= 0.3 is 5.97 Å². The number of carbonyl (C=O) groups excluding carboxylic acids is 1. The van der Waals surface area contributed by atoms with Crippen LogP contribution in [0.1, 0.15) is 20.3 Å². The third-order valence-electron chi connectivity index (χ3n) is 1.02. The van der Waals surface area contributed by atoms with E-state index in [1.54, 1.807) is 6.92 Å². The van der Waals surface area contributed by atoms with Gasteiger partial charge in [0.1, 0.15) is 0 Å². The summed E-state index contributed by atoms with van der Waals surface area (Å²) in [6.45, 7) is 4.55. The van der Waals surface area contributed by atoms with Crippen molar-refractivity contribution in [3.8, 4) is 0 Å². The molecule has 0 aromatic rings. The van der Waals surface area contributed by atoms with Gasteiger partial charge in [-0.25, -0.2) is 4.79 Å². The van der Waals surface area contributed by atoms with Gasteiger partial charge in [-0.2, -0.15) is 0 Å². The van der Waals surface area contributed by atoms with Crippen LogP contribution >= 0.6 is 0 Å². The van der Waals surface area contributed by atoms with Crippen LogP contribution in [0, 0.1) is 0 Å². The molecule has 0 rings (SSSR count). The minimum Gasteiger partial charge on any atom is -0.479 e. The van der Waals surface area contributed by atoms with E-state index in [1.165, 1.54) is 0 Å². The summed E-state index contributed by atoms with van der Waals surface area (Å²) in [7, 11) is 0. The molecule has 0 heterocycles. The normalized spacial score (nSPS) is 11.0. The molecule has 2 N–H and O–H groups in total. The van der Waals surface area contributed by atoms with Crippen LogP contribution in [-0.4, -0.2) is 19.2 Å². The van der Waals surface area contributed by atoms with E-state index in [4.69, 9.17) is 10.5 Å². The number of hydrogen-bond acceptors (Lipinski definition) is 4. The van der Waals surface area contributed by atoms with Gasteiger partial charge in [0.2, 0.25) is 0 Å². The largest absolute Gasteiger partial charge is 0.479 e. The van der Waals surface area contributed by atoms with Crippen LogP contribution in [0.5, 0.6) is 0 Å². The number of esters is 1. The Kier molecular flexibility index (Phi) is 5.87. The third-order valence-corrected chi connectivity index (χ3v) is 1.02. The first kappa shape index (κ1) is 10.8. The maximum absolute atomic E-state index is 10.8. The molecule has 0 aromatic heterocycles. The predicted molar refractivity (Wildman–Crippen MR) is 45.1 cm³/mol. The van der Waals surface area contributed by atoms with Crippen LogP contribution in [0.3, 0.4) is 0 Å². The fourth-order valence-corrected chi connectivity index (χ4v) is 0.562. The molecule has 4 heteroatoms. The fraction of sp³-hybridized carbons (Fsp3) is 0.625. The van der Waals surface area contributed by atoms with E-state index in [-0.39, 0.29) is 5.88 Å². The van der Waals surface area contributed by atoms with Crippen molar-refractivity contribution in [2.75, 3.05) is 13.2 Å². The van der Waals surface area contributed by atoms with Crippen molar-refractivity contribution < 1.29 is 14.3 Å². The van der Waals surface area contributed by atoms with E-state index in [2.05, 4.69) is 4.74 Å². The fourth-order valence-electron chi connectivity index (χ4n) is 0.562. The predicted octanol–water partition coefficient (Wildman–Crippen LogP) is 0.776. The smallest absolute Gasteiger partial charge is 0.336 e. The summed E-state index contributed by atoms with van der Waals surface area (Å²) in [5, 5.41) is 0. The maximum atomic E-state index is 10.8. The lowest BCUT2D eigenvalue weighted by Crippen LogP contribution is -2.08. The molecule has 0 aromatic carbocycles. The second kappa shape index (κ2) is 6.52. The van der Waals surface area contributed by atoms with Gasteiger partial charge in [-0.3, -0.25) is 0 Å². The van der Waals surface area contributed by atoms with Crippen LogP contribution in [0.25, 0.3) is 0 Å². The van der Waals surface area contributed by atoms with Crippen molar-refractivity contribution in [3.63, 3.8) is 0 Å². The summed E-state index contributed by atoms with van der Waals surface area (Å²) >= 11 is 0. The zero-order chi connectivity index (χ0) is 9.40.